The van der Waals surface area contributed by atoms with Gasteiger partial charge in [0.05, 0.1) is 16.5 Å². The van der Waals surface area contributed by atoms with Crippen LogP contribution in [0.3, 0.4) is 0 Å². The molecule has 240 valence electrons. The number of aliphatic hydroxyl groups excluding tert-OH is 3. The minimum atomic E-state index is -1.80. The van der Waals surface area contributed by atoms with E-state index in [0.717, 1.165) is 12.1 Å². The third kappa shape index (κ3) is 2.95. The van der Waals surface area contributed by atoms with E-state index in [0.29, 0.717) is 5.56 Å². The van der Waals surface area contributed by atoms with Gasteiger partial charge in [-0.1, -0.05) is 18.2 Å². The van der Waals surface area contributed by atoms with Gasteiger partial charge >= 0.3 is 11.9 Å². The molecule has 15 nitrogen and oxygen atoms in total. The summed E-state index contributed by atoms with van der Waals surface area (Å²) in [6.07, 6.45) is -8.84. The quantitative estimate of drug-likeness (QED) is 0.140. The highest BCUT2D eigenvalue weighted by Gasteiger charge is 3.18. The average Bonchev–Trinajstić information content (AvgIpc) is 3.01. The summed E-state index contributed by atoms with van der Waals surface area (Å²) < 4.78 is 34.9. The van der Waals surface area contributed by atoms with Gasteiger partial charge in [0.25, 0.3) is 0 Å². The molecule has 1 spiro atoms. The van der Waals surface area contributed by atoms with Crippen LogP contribution in [0.1, 0.15) is 34.1 Å². The normalized spacial score (nSPS) is 46.0. The number of aliphatic hydroxyl groups is 4. The van der Waals surface area contributed by atoms with Gasteiger partial charge in [-0.05, 0) is 37.6 Å². The van der Waals surface area contributed by atoms with Crippen molar-refractivity contribution >= 4 is 11.9 Å². The Kier molecular flexibility index (Phi) is 5.67. The van der Waals surface area contributed by atoms with E-state index in [4.69, 9.17) is 28.4 Å². The number of carbonyl (C=O) groups excluding carboxylic acids is 2. The number of hydrogen-bond acceptors (Lipinski definition) is 15. The van der Waals surface area contributed by atoms with Crippen LogP contribution in [-0.4, -0.2) is 115 Å². The van der Waals surface area contributed by atoms with Crippen LogP contribution in [0.5, 0.6) is 17.2 Å². The van der Waals surface area contributed by atoms with E-state index in [1.165, 1.54) is 0 Å². The van der Waals surface area contributed by atoms with E-state index >= 15 is 0 Å². The van der Waals surface area contributed by atoms with Crippen LogP contribution < -0.4 is 0 Å². The van der Waals surface area contributed by atoms with Crippen molar-refractivity contribution in [1.82, 2.24) is 0 Å². The molecule has 2 unspecified atom stereocenters. The number of esters is 2. The number of hydrogen-bond donors (Lipinski definition) is 7. The zero-order valence-electron chi connectivity index (χ0n) is 23.6. The molecule has 0 radical (unpaired) electrons. The Morgan fingerprint density at radius 3 is 2.24 bits per heavy atom. The highest BCUT2D eigenvalue weighted by atomic mass is 16.8. The lowest BCUT2D eigenvalue weighted by Crippen LogP contribution is -3.20. The lowest BCUT2D eigenvalue weighted by molar-refractivity contribution is -0.792. The zero-order chi connectivity index (χ0) is 31.9. The van der Waals surface area contributed by atoms with Crippen LogP contribution in [0.2, 0.25) is 0 Å². The zero-order valence-corrected chi connectivity index (χ0v) is 23.6. The van der Waals surface area contributed by atoms with E-state index in [1.54, 1.807) is 37.3 Å². The van der Waals surface area contributed by atoms with Crippen molar-refractivity contribution in [2.45, 2.75) is 67.3 Å². The summed E-state index contributed by atoms with van der Waals surface area (Å²) in [6.45, 7) is 0.925. The second kappa shape index (κ2) is 8.83. The molecule has 45 heavy (non-hydrogen) atoms. The minimum Gasteiger partial charge on any atom is -0.504 e. The molecule has 3 saturated heterocycles. The summed E-state index contributed by atoms with van der Waals surface area (Å²) in [4.78, 5) is 25.5. The fourth-order valence-electron chi connectivity index (χ4n) is 9.20. The van der Waals surface area contributed by atoms with Gasteiger partial charge in [0.2, 0.25) is 0 Å². The first-order valence-electron chi connectivity index (χ1n) is 14.4. The van der Waals surface area contributed by atoms with Crippen molar-refractivity contribution < 1.29 is 73.8 Å². The summed E-state index contributed by atoms with van der Waals surface area (Å²) >= 11 is 0. The van der Waals surface area contributed by atoms with E-state index in [2.05, 4.69) is 0 Å². The van der Waals surface area contributed by atoms with Gasteiger partial charge in [-0.25, -0.2) is 9.59 Å². The summed E-state index contributed by atoms with van der Waals surface area (Å²) in [6, 6.07) is 10.1. The second-order valence-electron chi connectivity index (χ2n) is 12.7. The Balaban J connectivity index is 1.02. The Morgan fingerprint density at radius 1 is 0.911 bits per heavy atom. The number of phenols is 3. The van der Waals surface area contributed by atoms with Gasteiger partial charge in [-0.2, -0.15) is 0 Å². The highest BCUT2D eigenvalue weighted by molar-refractivity contribution is 5.91. The molecular weight excluding hydrogens is 600 g/mol. The monoisotopic (exact) mass is 630 g/mol. The number of rotatable bonds is 8. The van der Waals surface area contributed by atoms with Crippen molar-refractivity contribution in [2.75, 3.05) is 13.2 Å². The lowest BCUT2D eigenvalue weighted by Gasteiger charge is -3.05. The Bertz CT molecular complexity index is 1590. The molecule has 0 aromatic heterocycles. The smallest absolute Gasteiger partial charge is 0.338 e. The number of benzene rings is 2. The molecule has 8 rings (SSSR count). The van der Waals surface area contributed by atoms with Crippen LogP contribution in [0.25, 0.3) is 0 Å². The lowest BCUT2D eigenvalue weighted by atomic mass is 9.08. The van der Waals surface area contributed by atoms with Gasteiger partial charge in [0.1, 0.15) is 54.2 Å². The number of ether oxygens (including phenoxy) is 6. The molecule has 2 aromatic carbocycles. The first-order chi connectivity index (χ1) is 21.3. The average molecular weight is 631 g/mol. The predicted octanol–water partition coefficient (Wildman–Crippen LogP) is -0.766. The molecule has 3 aliphatic heterocycles. The van der Waals surface area contributed by atoms with Crippen molar-refractivity contribution in [2.24, 2.45) is 16.7 Å². The van der Waals surface area contributed by atoms with Crippen molar-refractivity contribution in [3.05, 3.63) is 53.6 Å². The number of fused-ring (bicyclic) bond motifs is 2. The highest BCUT2D eigenvalue weighted by Crippen LogP contribution is 3.03. The SMILES string of the molecule is C[C@@]12O[C@H]3O[C@@]4(O)[C@@H]5C[C@@]1(O[C@@H]1O[C@H](COC(=O)c6cc(O)c(O)c(O)c6)[C@@H](O)[C@H](O)[C@H]1O)C5(COC(=O)c1ccccc1)C342. The second-order valence-corrected chi connectivity index (χ2v) is 12.7. The third-order valence-electron chi connectivity index (χ3n) is 11.2. The molecule has 3 heterocycles. The molecule has 6 fully saturated rings. The summed E-state index contributed by atoms with van der Waals surface area (Å²) in [5.74, 6) is -6.01. The maximum Gasteiger partial charge on any atom is 0.338 e. The van der Waals surface area contributed by atoms with Crippen LogP contribution in [0.15, 0.2) is 42.5 Å². The van der Waals surface area contributed by atoms with Gasteiger partial charge in [-0.15, -0.1) is 0 Å². The van der Waals surface area contributed by atoms with Gasteiger partial charge in [0, 0.05) is 5.92 Å². The third-order valence-corrected chi connectivity index (χ3v) is 11.2. The number of carbonyl (C=O) groups is 2. The molecule has 0 amide bonds. The maximum absolute atomic E-state index is 12.9. The van der Waals surface area contributed by atoms with Crippen molar-refractivity contribution in [3.8, 4) is 17.2 Å². The van der Waals surface area contributed by atoms with Gasteiger partial charge in [0.15, 0.2) is 35.6 Å². The predicted molar refractivity (Wildman–Crippen MR) is 141 cm³/mol. The number of aromatic hydroxyl groups is 3. The molecule has 15 heteroatoms. The topological polar surface area (TPSA) is 231 Å². The molecule has 6 aliphatic rings. The van der Waals surface area contributed by atoms with Crippen LogP contribution in [-0.2, 0) is 28.4 Å². The Labute approximate surface area is 254 Å². The van der Waals surface area contributed by atoms with Crippen molar-refractivity contribution in [1.29, 1.82) is 0 Å². The fourth-order valence-corrected chi connectivity index (χ4v) is 9.20. The van der Waals surface area contributed by atoms with Gasteiger partial charge in [-0.3, -0.25) is 0 Å². The molecular formula is C30H30O15. The maximum atomic E-state index is 12.9. The first-order valence-corrected chi connectivity index (χ1v) is 14.4. The summed E-state index contributed by atoms with van der Waals surface area (Å²) in [5.41, 5.74) is -4.30. The number of phenolic OH excluding ortho intramolecular Hbond substituents is 3. The largest absolute Gasteiger partial charge is 0.504 e. The molecule has 7 N–H and O–H groups in total. The van der Waals surface area contributed by atoms with E-state index < -0.39 is 107 Å². The molecule has 12 atom stereocenters. The van der Waals surface area contributed by atoms with Crippen LogP contribution in [0, 0.1) is 16.7 Å². The Morgan fingerprint density at radius 2 is 1.58 bits per heavy atom. The molecule has 3 saturated carbocycles. The summed E-state index contributed by atoms with van der Waals surface area (Å²) in [7, 11) is 0. The Hall–Kier alpha value is -3.54. The molecule has 2 aromatic rings. The van der Waals surface area contributed by atoms with Crippen LogP contribution >= 0.6 is 0 Å². The van der Waals surface area contributed by atoms with Crippen molar-refractivity contribution in [3.63, 3.8) is 0 Å². The molecule has 3 aliphatic carbocycles. The van der Waals surface area contributed by atoms with Gasteiger partial charge < -0.3 is 64.2 Å². The van der Waals surface area contributed by atoms with E-state index in [1.807, 2.05) is 0 Å². The van der Waals surface area contributed by atoms with Crippen LogP contribution in [0.4, 0.5) is 0 Å². The minimum absolute atomic E-state index is 0.159. The summed E-state index contributed by atoms with van der Waals surface area (Å²) in [5, 5.41) is 72.5. The fraction of sp³-hybridized carbons (Fsp3) is 0.533. The van der Waals surface area contributed by atoms with E-state index in [9.17, 15) is 45.3 Å². The van der Waals surface area contributed by atoms with E-state index in [-0.39, 0.29) is 18.6 Å². The standard InChI is InChI=1S/C30H30O15/c1-26-28(9-17-27(28,29(26)25(44-26)45-30(17,29)39)11-41-22(37)12-5-3-2-4-6-12)43-24-21(36)20(35)19(34)16(42-24)10-40-23(38)13-7-14(31)18(33)15(32)8-13/h2-8,16-17,19-21,24-25,31-36,39H,9-11H2,1H3/t16-,17-,19-,20+,21-,24+,25+,26-,27?,28+,29?,30+/m1/s1. The first kappa shape index (κ1) is 28.9. The molecule has 0 bridgehead atoms.